The van der Waals surface area contributed by atoms with Crippen molar-refractivity contribution in [2.75, 3.05) is 13.1 Å². The van der Waals surface area contributed by atoms with Crippen LogP contribution in [-0.2, 0) is 19.6 Å². The van der Waals surface area contributed by atoms with Gasteiger partial charge in [-0.15, -0.1) is 0 Å². The van der Waals surface area contributed by atoms with E-state index < -0.39 is 34.9 Å². The van der Waals surface area contributed by atoms with Gasteiger partial charge in [-0.3, -0.25) is 9.59 Å². The summed E-state index contributed by atoms with van der Waals surface area (Å²) < 4.78 is 26.1. The number of nitrogens with zero attached hydrogens (tertiary/aromatic N) is 1. The molecule has 0 aliphatic heterocycles. The largest absolute Gasteiger partial charge is 0.369 e. The number of amides is 2. The van der Waals surface area contributed by atoms with Gasteiger partial charge in [-0.05, 0) is 30.7 Å². The van der Waals surface area contributed by atoms with E-state index >= 15 is 0 Å². The van der Waals surface area contributed by atoms with Gasteiger partial charge in [0.05, 0.1) is 18.0 Å². The molecule has 20 heavy (non-hydrogen) atoms. The van der Waals surface area contributed by atoms with Gasteiger partial charge in [0.15, 0.2) is 0 Å². The highest BCUT2D eigenvalue weighted by atomic mass is 79.9. The molecule has 0 aliphatic carbocycles. The van der Waals surface area contributed by atoms with Crippen LogP contribution in [0.5, 0.6) is 0 Å². The average Bonchev–Trinajstić information content (AvgIpc) is 2.30. The molecule has 110 valence electrons. The fraction of sp³-hybridized carbons (Fsp3) is 0.273. The molecule has 0 heterocycles. The lowest BCUT2D eigenvalue weighted by atomic mass is 10.2. The van der Waals surface area contributed by atoms with Crippen molar-refractivity contribution in [3.63, 3.8) is 0 Å². The fourth-order valence-corrected chi connectivity index (χ4v) is 3.21. The minimum atomic E-state index is -4.02. The predicted octanol–water partition coefficient (Wildman–Crippen LogP) is -0.281. The van der Waals surface area contributed by atoms with Crippen molar-refractivity contribution >= 4 is 37.8 Å². The monoisotopic (exact) mass is 363 g/mol. The Morgan fingerprint density at radius 2 is 1.70 bits per heavy atom. The van der Waals surface area contributed by atoms with Crippen LogP contribution < -0.4 is 11.5 Å². The first kappa shape index (κ1) is 16.6. The van der Waals surface area contributed by atoms with E-state index in [0.717, 1.165) is 4.47 Å². The van der Waals surface area contributed by atoms with Crippen molar-refractivity contribution in [1.29, 1.82) is 0 Å². The highest BCUT2D eigenvalue weighted by molar-refractivity contribution is 9.10. The third-order valence-electron chi connectivity index (χ3n) is 2.43. The maximum Gasteiger partial charge on any atom is 0.244 e. The van der Waals surface area contributed by atoms with E-state index in [1.807, 2.05) is 0 Å². The Bertz CT molecular complexity index is 629. The van der Waals surface area contributed by atoms with Crippen LogP contribution in [0.2, 0.25) is 0 Å². The number of carbonyl (C=O) groups excluding carboxylic acids is 2. The summed E-state index contributed by atoms with van der Waals surface area (Å²) in [4.78, 5) is 21.9. The summed E-state index contributed by atoms with van der Waals surface area (Å²) in [5.41, 5.74) is 10.7. The second kappa shape index (κ2) is 6.33. The molecular weight excluding hydrogens is 350 g/mol. The molecular formula is C11H14BrN3O4S. The SMILES string of the molecule is Cc1cc(S(=O)(=O)N(CC(N)=O)CC(N)=O)ccc1Br. The lowest BCUT2D eigenvalue weighted by Gasteiger charge is -2.19. The number of rotatable bonds is 6. The van der Waals surface area contributed by atoms with Crippen LogP contribution in [0.4, 0.5) is 0 Å². The first-order valence-corrected chi connectivity index (χ1v) is 7.71. The van der Waals surface area contributed by atoms with Gasteiger partial charge in [0, 0.05) is 4.47 Å². The number of hydrogen-bond donors (Lipinski definition) is 2. The summed E-state index contributed by atoms with van der Waals surface area (Å²) >= 11 is 3.26. The van der Waals surface area contributed by atoms with Gasteiger partial charge in [0.1, 0.15) is 0 Å². The summed E-state index contributed by atoms with van der Waals surface area (Å²) in [5, 5.41) is 0. The second-order valence-corrected chi connectivity index (χ2v) is 6.91. The number of halogens is 1. The van der Waals surface area contributed by atoms with E-state index in [-0.39, 0.29) is 4.90 Å². The Morgan fingerprint density at radius 1 is 1.20 bits per heavy atom. The topological polar surface area (TPSA) is 124 Å². The van der Waals surface area contributed by atoms with E-state index in [0.29, 0.717) is 9.87 Å². The number of sulfonamides is 1. The van der Waals surface area contributed by atoms with Gasteiger partial charge in [-0.25, -0.2) is 8.42 Å². The number of nitrogens with two attached hydrogens (primary N) is 2. The smallest absolute Gasteiger partial charge is 0.244 e. The third-order valence-corrected chi connectivity index (χ3v) is 5.11. The molecule has 4 N–H and O–H groups in total. The zero-order chi connectivity index (χ0) is 15.5. The second-order valence-electron chi connectivity index (χ2n) is 4.12. The zero-order valence-electron chi connectivity index (χ0n) is 10.7. The van der Waals surface area contributed by atoms with Crippen molar-refractivity contribution in [2.45, 2.75) is 11.8 Å². The van der Waals surface area contributed by atoms with Gasteiger partial charge in [0.25, 0.3) is 0 Å². The van der Waals surface area contributed by atoms with Crippen molar-refractivity contribution in [1.82, 2.24) is 4.31 Å². The molecule has 0 saturated carbocycles. The molecule has 1 aromatic carbocycles. The van der Waals surface area contributed by atoms with Crippen LogP contribution in [0.3, 0.4) is 0 Å². The van der Waals surface area contributed by atoms with E-state index in [2.05, 4.69) is 15.9 Å². The number of carbonyl (C=O) groups is 2. The van der Waals surface area contributed by atoms with E-state index in [9.17, 15) is 18.0 Å². The van der Waals surface area contributed by atoms with Gasteiger partial charge < -0.3 is 11.5 Å². The van der Waals surface area contributed by atoms with Crippen LogP contribution in [0.1, 0.15) is 5.56 Å². The molecule has 1 rings (SSSR count). The highest BCUT2D eigenvalue weighted by Gasteiger charge is 2.27. The zero-order valence-corrected chi connectivity index (χ0v) is 13.1. The van der Waals surface area contributed by atoms with Crippen LogP contribution >= 0.6 is 15.9 Å². The van der Waals surface area contributed by atoms with E-state index in [4.69, 9.17) is 11.5 Å². The van der Waals surface area contributed by atoms with Crippen LogP contribution in [0.15, 0.2) is 27.6 Å². The summed E-state index contributed by atoms with van der Waals surface area (Å²) in [6, 6.07) is 4.35. The lowest BCUT2D eigenvalue weighted by Crippen LogP contribution is -2.43. The molecule has 0 unspecified atom stereocenters. The van der Waals surface area contributed by atoms with Gasteiger partial charge in [0.2, 0.25) is 21.8 Å². The predicted molar refractivity (Wildman–Crippen MR) is 76.0 cm³/mol. The summed E-state index contributed by atoms with van der Waals surface area (Å²) in [6.07, 6.45) is 0. The van der Waals surface area contributed by atoms with Crippen molar-refractivity contribution in [2.24, 2.45) is 11.5 Å². The van der Waals surface area contributed by atoms with Gasteiger partial charge in [-0.2, -0.15) is 4.31 Å². The highest BCUT2D eigenvalue weighted by Crippen LogP contribution is 2.22. The van der Waals surface area contributed by atoms with Gasteiger partial charge >= 0.3 is 0 Å². The van der Waals surface area contributed by atoms with E-state index in [1.165, 1.54) is 12.1 Å². The Kier molecular flexibility index (Phi) is 5.26. The van der Waals surface area contributed by atoms with E-state index in [1.54, 1.807) is 13.0 Å². The van der Waals surface area contributed by atoms with Crippen molar-refractivity contribution < 1.29 is 18.0 Å². The maximum absolute atomic E-state index is 12.4. The Hall–Kier alpha value is -1.45. The van der Waals surface area contributed by atoms with Crippen LogP contribution in [-0.4, -0.2) is 37.6 Å². The quantitative estimate of drug-likeness (QED) is 0.720. The molecule has 0 radical (unpaired) electrons. The summed E-state index contributed by atoms with van der Waals surface area (Å²) in [6.45, 7) is 0.496. The molecule has 7 nitrogen and oxygen atoms in total. The number of aryl methyl sites for hydroxylation is 1. The minimum Gasteiger partial charge on any atom is -0.369 e. The number of primary amides is 2. The first-order chi connectivity index (χ1) is 9.14. The Labute approximate surface area is 125 Å². The normalized spacial score (nSPS) is 11.6. The third kappa shape index (κ3) is 4.02. The first-order valence-electron chi connectivity index (χ1n) is 5.47. The lowest BCUT2D eigenvalue weighted by molar-refractivity contribution is -0.120. The molecule has 0 aliphatic rings. The number of benzene rings is 1. The Morgan fingerprint density at radius 3 is 2.10 bits per heavy atom. The van der Waals surface area contributed by atoms with Crippen LogP contribution in [0.25, 0.3) is 0 Å². The van der Waals surface area contributed by atoms with Gasteiger partial charge in [-0.1, -0.05) is 15.9 Å². The molecule has 0 spiro atoms. The molecule has 0 fully saturated rings. The summed E-state index contributed by atoms with van der Waals surface area (Å²) in [7, 11) is -4.02. The molecule has 2 amide bonds. The fourth-order valence-electron chi connectivity index (χ4n) is 1.50. The molecule has 0 atom stereocenters. The Balaban J connectivity index is 3.24. The molecule has 0 saturated heterocycles. The maximum atomic E-state index is 12.4. The van der Waals surface area contributed by atoms with Crippen LogP contribution in [0, 0.1) is 6.92 Å². The summed E-state index contributed by atoms with van der Waals surface area (Å²) in [5.74, 6) is -1.74. The van der Waals surface area contributed by atoms with Crippen molar-refractivity contribution in [3.8, 4) is 0 Å². The van der Waals surface area contributed by atoms with Crippen molar-refractivity contribution in [3.05, 3.63) is 28.2 Å². The molecule has 9 heteroatoms. The standard InChI is InChI=1S/C11H14BrN3O4S/c1-7-4-8(2-3-9(7)12)20(18,19)15(5-10(13)16)6-11(14)17/h2-4H,5-6H2,1H3,(H2,13,16)(H2,14,17). The minimum absolute atomic E-state index is 0.0410. The molecule has 1 aromatic rings. The number of hydrogen-bond acceptors (Lipinski definition) is 4. The molecule has 0 bridgehead atoms. The average molecular weight is 364 g/mol. The molecule has 0 aromatic heterocycles.